The summed E-state index contributed by atoms with van der Waals surface area (Å²) in [6.45, 7) is 5.67. The fourth-order valence-electron chi connectivity index (χ4n) is 1.85. The predicted octanol–water partition coefficient (Wildman–Crippen LogP) is 2.84. The lowest BCUT2D eigenvalue weighted by molar-refractivity contribution is 0.0937. The van der Waals surface area contributed by atoms with E-state index in [1.165, 1.54) is 18.2 Å². The van der Waals surface area contributed by atoms with Crippen LogP contribution < -0.4 is 5.32 Å². The number of carbonyl (C=O) groups excluding carboxylic acids is 1. The fourth-order valence-corrected chi connectivity index (χ4v) is 2.69. The molecular weight excluding hydrogens is 286 g/mol. The molecule has 0 aliphatic heterocycles. The number of aryl methyl sites for hydroxylation is 1. The fraction of sp³-hybridized carbons (Fsp3) is 0.462. The Bertz CT molecular complexity index is 569. The van der Waals surface area contributed by atoms with E-state index < -0.39 is 9.05 Å². The van der Waals surface area contributed by atoms with Crippen molar-refractivity contribution in [3.63, 3.8) is 0 Å². The van der Waals surface area contributed by atoms with Crippen molar-refractivity contribution in [2.75, 3.05) is 0 Å². The number of rotatable bonds is 5. The molecule has 0 radical (unpaired) electrons. The molecule has 6 heteroatoms. The van der Waals surface area contributed by atoms with Crippen molar-refractivity contribution in [1.29, 1.82) is 0 Å². The van der Waals surface area contributed by atoms with Gasteiger partial charge in [-0.2, -0.15) is 0 Å². The van der Waals surface area contributed by atoms with Gasteiger partial charge in [0.05, 0.1) is 4.90 Å². The first-order chi connectivity index (χ1) is 8.75. The highest BCUT2D eigenvalue weighted by molar-refractivity contribution is 8.13. The van der Waals surface area contributed by atoms with Gasteiger partial charge in [-0.05, 0) is 44.0 Å². The van der Waals surface area contributed by atoms with E-state index in [-0.39, 0.29) is 16.8 Å². The lowest BCUT2D eigenvalue weighted by Gasteiger charge is -2.14. The van der Waals surface area contributed by atoms with Gasteiger partial charge in [0, 0.05) is 22.3 Å². The van der Waals surface area contributed by atoms with Gasteiger partial charge < -0.3 is 5.32 Å². The van der Waals surface area contributed by atoms with Gasteiger partial charge in [-0.3, -0.25) is 4.79 Å². The standard InChI is InChI=1S/C13H18ClNO3S/c1-4-5-10(3)15-13(16)12-7-6-11(8-9(12)2)19(14,17)18/h6-8,10H,4-5H2,1-3H3,(H,15,16). The van der Waals surface area contributed by atoms with Crippen LogP contribution in [-0.2, 0) is 9.05 Å². The second kappa shape index (κ2) is 6.39. The maximum Gasteiger partial charge on any atom is 0.261 e. The van der Waals surface area contributed by atoms with Gasteiger partial charge in [0.2, 0.25) is 0 Å². The van der Waals surface area contributed by atoms with Crippen LogP contribution in [0.3, 0.4) is 0 Å². The van der Waals surface area contributed by atoms with Crippen LogP contribution in [0.25, 0.3) is 0 Å². The van der Waals surface area contributed by atoms with Crippen molar-refractivity contribution in [2.24, 2.45) is 0 Å². The number of benzene rings is 1. The Morgan fingerprint density at radius 2 is 2.05 bits per heavy atom. The van der Waals surface area contributed by atoms with Gasteiger partial charge in [-0.15, -0.1) is 0 Å². The second-order valence-electron chi connectivity index (χ2n) is 4.58. The summed E-state index contributed by atoms with van der Waals surface area (Å²) in [5.41, 5.74) is 1.05. The van der Waals surface area contributed by atoms with Crippen molar-refractivity contribution in [3.05, 3.63) is 29.3 Å². The Hall–Kier alpha value is -1.07. The lowest BCUT2D eigenvalue weighted by Crippen LogP contribution is -2.32. The molecule has 106 valence electrons. The summed E-state index contributed by atoms with van der Waals surface area (Å²) in [4.78, 5) is 12.0. The molecule has 1 aromatic rings. The molecule has 0 aromatic heterocycles. The number of nitrogens with one attached hydrogen (secondary N) is 1. The number of halogens is 1. The zero-order chi connectivity index (χ0) is 14.6. The van der Waals surface area contributed by atoms with Crippen LogP contribution in [0.4, 0.5) is 0 Å². The summed E-state index contributed by atoms with van der Waals surface area (Å²) in [5, 5.41) is 2.87. The van der Waals surface area contributed by atoms with Gasteiger partial charge in [0.1, 0.15) is 0 Å². The number of hydrogen-bond donors (Lipinski definition) is 1. The molecule has 0 fully saturated rings. The average Bonchev–Trinajstić information content (AvgIpc) is 2.27. The van der Waals surface area contributed by atoms with Crippen LogP contribution in [0, 0.1) is 6.92 Å². The van der Waals surface area contributed by atoms with Crippen molar-refractivity contribution >= 4 is 25.6 Å². The Morgan fingerprint density at radius 1 is 1.42 bits per heavy atom. The first kappa shape index (κ1) is 16.0. The van der Waals surface area contributed by atoms with Crippen molar-refractivity contribution in [3.8, 4) is 0 Å². The first-order valence-electron chi connectivity index (χ1n) is 6.12. The number of carbonyl (C=O) groups is 1. The largest absolute Gasteiger partial charge is 0.350 e. The van der Waals surface area contributed by atoms with Crippen molar-refractivity contribution in [2.45, 2.75) is 44.6 Å². The summed E-state index contributed by atoms with van der Waals surface area (Å²) in [6.07, 6.45) is 1.89. The van der Waals surface area contributed by atoms with Gasteiger partial charge in [-0.25, -0.2) is 8.42 Å². The van der Waals surface area contributed by atoms with Crippen LogP contribution in [0.5, 0.6) is 0 Å². The molecule has 0 bridgehead atoms. The third-order valence-corrected chi connectivity index (χ3v) is 4.17. The van der Waals surface area contributed by atoms with E-state index >= 15 is 0 Å². The molecule has 0 heterocycles. The summed E-state index contributed by atoms with van der Waals surface area (Å²) >= 11 is 0. The minimum Gasteiger partial charge on any atom is -0.350 e. The lowest BCUT2D eigenvalue weighted by atomic mass is 10.1. The average molecular weight is 304 g/mol. The number of amides is 1. The van der Waals surface area contributed by atoms with Crippen LogP contribution in [0.15, 0.2) is 23.1 Å². The van der Waals surface area contributed by atoms with Crippen molar-refractivity contribution in [1.82, 2.24) is 5.32 Å². The zero-order valence-corrected chi connectivity index (χ0v) is 12.8. The van der Waals surface area contributed by atoms with Gasteiger partial charge >= 0.3 is 0 Å². The molecule has 4 nitrogen and oxygen atoms in total. The molecule has 1 rings (SSSR count). The Labute approximate surface area is 118 Å². The summed E-state index contributed by atoms with van der Waals surface area (Å²) in [5.74, 6) is -0.197. The minimum atomic E-state index is -3.76. The van der Waals surface area contributed by atoms with Crippen molar-refractivity contribution < 1.29 is 13.2 Å². The molecule has 1 amide bonds. The molecule has 19 heavy (non-hydrogen) atoms. The topological polar surface area (TPSA) is 63.2 Å². The van der Waals surface area contributed by atoms with E-state index in [1.807, 2.05) is 13.8 Å². The molecule has 1 aromatic carbocycles. The smallest absolute Gasteiger partial charge is 0.261 e. The molecule has 0 aliphatic rings. The molecule has 1 atom stereocenters. The molecular formula is C13H18ClNO3S. The third kappa shape index (κ3) is 4.51. The Morgan fingerprint density at radius 3 is 2.53 bits per heavy atom. The maximum absolute atomic E-state index is 12.0. The minimum absolute atomic E-state index is 0.00447. The molecule has 1 N–H and O–H groups in total. The van der Waals surface area contributed by atoms with Crippen LogP contribution in [-0.4, -0.2) is 20.4 Å². The van der Waals surface area contributed by atoms with E-state index in [0.717, 1.165) is 12.8 Å². The highest BCUT2D eigenvalue weighted by atomic mass is 35.7. The van der Waals surface area contributed by atoms with E-state index in [9.17, 15) is 13.2 Å². The van der Waals surface area contributed by atoms with E-state index in [1.54, 1.807) is 6.92 Å². The summed E-state index contributed by atoms with van der Waals surface area (Å²) < 4.78 is 22.4. The normalized spacial score (nSPS) is 13.1. The monoisotopic (exact) mass is 303 g/mol. The van der Waals surface area contributed by atoms with Crippen LogP contribution in [0.1, 0.15) is 42.6 Å². The van der Waals surface area contributed by atoms with Gasteiger partial charge in [0.15, 0.2) is 0 Å². The summed E-state index contributed by atoms with van der Waals surface area (Å²) in [7, 11) is 1.50. The Balaban J connectivity index is 2.94. The molecule has 0 spiro atoms. The number of hydrogen-bond acceptors (Lipinski definition) is 3. The predicted molar refractivity (Wildman–Crippen MR) is 76.1 cm³/mol. The van der Waals surface area contributed by atoms with Gasteiger partial charge in [0.25, 0.3) is 15.0 Å². The van der Waals surface area contributed by atoms with Crippen LogP contribution >= 0.6 is 10.7 Å². The third-order valence-electron chi connectivity index (χ3n) is 2.82. The highest BCUT2D eigenvalue weighted by Gasteiger charge is 2.15. The van der Waals surface area contributed by atoms with E-state index in [0.29, 0.717) is 11.1 Å². The highest BCUT2D eigenvalue weighted by Crippen LogP contribution is 2.19. The maximum atomic E-state index is 12.0. The van der Waals surface area contributed by atoms with E-state index in [2.05, 4.69) is 5.32 Å². The Kier molecular flexibility index (Phi) is 5.38. The second-order valence-corrected chi connectivity index (χ2v) is 7.14. The molecule has 0 saturated heterocycles. The summed E-state index contributed by atoms with van der Waals surface area (Å²) in [6, 6.07) is 4.32. The molecule has 0 saturated carbocycles. The van der Waals surface area contributed by atoms with E-state index in [4.69, 9.17) is 10.7 Å². The van der Waals surface area contributed by atoms with Crippen LogP contribution in [0.2, 0.25) is 0 Å². The quantitative estimate of drug-likeness (QED) is 0.851. The molecule has 1 unspecified atom stereocenters. The molecule has 0 aliphatic carbocycles. The SMILES string of the molecule is CCCC(C)NC(=O)c1ccc(S(=O)(=O)Cl)cc1C. The van der Waals surface area contributed by atoms with Gasteiger partial charge in [-0.1, -0.05) is 13.3 Å². The zero-order valence-electron chi connectivity index (χ0n) is 11.2. The first-order valence-corrected chi connectivity index (χ1v) is 8.42.